The highest BCUT2D eigenvalue weighted by Gasteiger charge is 2.06. The maximum Gasteiger partial charge on any atom is 0.274 e. The third-order valence-corrected chi connectivity index (χ3v) is 2.76. The highest BCUT2D eigenvalue weighted by molar-refractivity contribution is 6.07. The second-order valence-corrected chi connectivity index (χ2v) is 4.13. The number of allylic oxidation sites excluding steroid dienone is 1. The SMILES string of the molecule is O=C(C=Cc1ccccc1)c1ccc(C(=O)NO)cc1. The van der Waals surface area contributed by atoms with Gasteiger partial charge in [-0.15, -0.1) is 0 Å². The van der Waals surface area contributed by atoms with Gasteiger partial charge in [0.1, 0.15) is 0 Å². The number of nitrogens with one attached hydrogen (secondary N) is 1. The summed E-state index contributed by atoms with van der Waals surface area (Å²) in [5.41, 5.74) is 3.25. The van der Waals surface area contributed by atoms with Crippen LogP contribution in [-0.4, -0.2) is 16.9 Å². The number of ketones is 1. The molecule has 0 aliphatic carbocycles. The van der Waals surface area contributed by atoms with Gasteiger partial charge in [0.05, 0.1) is 0 Å². The van der Waals surface area contributed by atoms with Crippen molar-refractivity contribution in [2.24, 2.45) is 0 Å². The molecule has 0 aromatic heterocycles. The van der Waals surface area contributed by atoms with Crippen molar-refractivity contribution in [2.45, 2.75) is 0 Å². The third-order valence-electron chi connectivity index (χ3n) is 2.76. The van der Waals surface area contributed by atoms with Gasteiger partial charge < -0.3 is 0 Å². The second-order valence-electron chi connectivity index (χ2n) is 4.13. The molecule has 4 heteroatoms. The molecule has 0 saturated heterocycles. The van der Waals surface area contributed by atoms with E-state index in [1.165, 1.54) is 23.7 Å². The average Bonchev–Trinajstić information content (AvgIpc) is 2.53. The van der Waals surface area contributed by atoms with Crippen molar-refractivity contribution in [3.8, 4) is 0 Å². The lowest BCUT2D eigenvalue weighted by Crippen LogP contribution is -2.18. The van der Waals surface area contributed by atoms with E-state index in [4.69, 9.17) is 5.21 Å². The first-order chi connectivity index (χ1) is 9.70. The van der Waals surface area contributed by atoms with Crippen LogP contribution in [0.25, 0.3) is 6.08 Å². The van der Waals surface area contributed by atoms with Crippen molar-refractivity contribution in [3.05, 3.63) is 77.4 Å². The number of carbonyl (C=O) groups excluding carboxylic acids is 2. The van der Waals surface area contributed by atoms with Gasteiger partial charge in [-0.2, -0.15) is 0 Å². The minimum Gasteiger partial charge on any atom is -0.289 e. The Kier molecular flexibility index (Phi) is 4.42. The molecule has 0 saturated carbocycles. The molecule has 0 fully saturated rings. The fourth-order valence-corrected chi connectivity index (χ4v) is 1.68. The summed E-state index contributed by atoms with van der Waals surface area (Å²) in [7, 11) is 0. The van der Waals surface area contributed by atoms with Crippen molar-refractivity contribution in [2.75, 3.05) is 0 Å². The summed E-state index contributed by atoms with van der Waals surface area (Å²) >= 11 is 0. The lowest BCUT2D eigenvalue weighted by Gasteiger charge is -2.00. The molecule has 0 unspecified atom stereocenters. The molecule has 0 aliphatic rings. The van der Waals surface area contributed by atoms with E-state index < -0.39 is 5.91 Å². The van der Waals surface area contributed by atoms with Crippen LogP contribution in [0.5, 0.6) is 0 Å². The minimum absolute atomic E-state index is 0.148. The van der Waals surface area contributed by atoms with Crippen molar-refractivity contribution in [3.63, 3.8) is 0 Å². The summed E-state index contributed by atoms with van der Waals surface area (Å²) in [6.45, 7) is 0. The van der Waals surface area contributed by atoms with Gasteiger partial charge in [-0.25, -0.2) is 5.48 Å². The summed E-state index contributed by atoms with van der Waals surface area (Å²) in [6.07, 6.45) is 3.22. The van der Waals surface area contributed by atoms with Gasteiger partial charge in [-0.05, 0) is 23.8 Å². The van der Waals surface area contributed by atoms with Crippen LogP contribution in [0.3, 0.4) is 0 Å². The number of carbonyl (C=O) groups is 2. The molecule has 0 heterocycles. The Balaban J connectivity index is 2.10. The van der Waals surface area contributed by atoms with Crippen molar-refractivity contribution >= 4 is 17.8 Å². The molecule has 20 heavy (non-hydrogen) atoms. The number of hydrogen-bond acceptors (Lipinski definition) is 3. The van der Waals surface area contributed by atoms with Gasteiger partial charge in [-0.3, -0.25) is 14.8 Å². The minimum atomic E-state index is -0.608. The summed E-state index contributed by atoms with van der Waals surface area (Å²) in [5.74, 6) is -0.756. The van der Waals surface area contributed by atoms with E-state index in [9.17, 15) is 9.59 Å². The van der Waals surface area contributed by atoms with Gasteiger partial charge in [0.2, 0.25) is 0 Å². The number of benzene rings is 2. The molecule has 0 bridgehead atoms. The van der Waals surface area contributed by atoms with Crippen LogP contribution in [0.2, 0.25) is 0 Å². The number of amides is 1. The Labute approximate surface area is 116 Å². The molecule has 0 spiro atoms. The largest absolute Gasteiger partial charge is 0.289 e. The highest BCUT2D eigenvalue weighted by atomic mass is 16.5. The molecule has 2 N–H and O–H groups in total. The topological polar surface area (TPSA) is 66.4 Å². The molecule has 100 valence electrons. The van der Waals surface area contributed by atoms with E-state index in [0.717, 1.165) is 5.56 Å². The van der Waals surface area contributed by atoms with Crippen LogP contribution < -0.4 is 5.48 Å². The van der Waals surface area contributed by atoms with Crippen LogP contribution >= 0.6 is 0 Å². The zero-order valence-corrected chi connectivity index (χ0v) is 10.6. The Morgan fingerprint density at radius 3 is 2.10 bits per heavy atom. The number of hydrogen-bond donors (Lipinski definition) is 2. The third kappa shape index (κ3) is 3.40. The fourth-order valence-electron chi connectivity index (χ4n) is 1.68. The Morgan fingerprint density at radius 1 is 0.900 bits per heavy atom. The van der Waals surface area contributed by atoms with Crippen molar-refractivity contribution in [1.82, 2.24) is 5.48 Å². The smallest absolute Gasteiger partial charge is 0.274 e. The zero-order valence-electron chi connectivity index (χ0n) is 10.6. The molecule has 2 aromatic carbocycles. The lowest BCUT2D eigenvalue weighted by molar-refractivity contribution is 0.0706. The normalized spacial score (nSPS) is 10.4. The molecule has 2 rings (SSSR count). The molecular weight excluding hydrogens is 254 g/mol. The van der Waals surface area contributed by atoms with E-state index in [2.05, 4.69) is 0 Å². The van der Waals surface area contributed by atoms with Crippen molar-refractivity contribution < 1.29 is 14.8 Å². The summed E-state index contributed by atoms with van der Waals surface area (Å²) in [5, 5.41) is 8.50. The summed E-state index contributed by atoms with van der Waals surface area (Å²) in [6, 6.07) is 15.6. The number of hydroxylamine groups is 1. The lowest BCUT2D eigenvalue weighted by atomic mass is 10.1. The fraction of sp³-hybridized carbons (Fsp3) is 0. The Morgan fingerprint density at radius 2 is 1.50 bits per heavy atom. The van der Waals surface area contributed by atoms with Crippen LogP contribution in [0.1, 0.15) is 26.3 Å². The maximum absolute atomic E-state index is 11.9. The first kappa shape index (κ1) is 13.7. The van der Waals surface area contributed by atoms with E-state index in [0.29, 0.717) is 5.56 Å². The molecule has 0 aliphatic heterocycles. The molecular formula is C16H13NO3. The van der Waals surface area contributed by atoms with Crippen LogP contribution in [0, 0.1) is 0 Å². The Hall–Kier alpha value is -2.72. The van der Waals surface area contributed by atoms with E-state index >= 15 is 0 Å². The predicted octanol–water partition coefficient (Wildman–Crippen LogP) is 2.70. The van der Waals surface area contributed by atoms with Crippen molar-refractivity contribution in [1.29, 1.82) is 0 Å². The van der Waals surface area contributed by atoms with Crippen LogP contribution in [0.4, 0.5) is 0 Å². The molecule has 2 aromatic rings. The quantitative estimate of drug-likeness (QED) is 0.387. The van der Waals surface area contributed by atoms with Crippen LogP contribution in [-0.2, 0) is 0 Å². The van der Waals surface area contributed by atoms with E-state index in [-0.39, 0.29) is 11.3 Å². The average molecular weight is 267 g/mol. The predicted molar refractivity (Wildman–Crippen MR) is 75.5 cm³/mol. The van der Waals surface area contributed by atoms with Crippen LogP contribution in [0.15, 0.2) is 60.7 Å². The van der Waals surface area contributed by atoms with Gasteiger partial charge in [0.25, 0.3) is 5.91 Å². The van der Waals surface area contributed by atoms with Gasteiger partial charge in [0, 0.05) is 11.1 Å². The molecule has 4 nitrogen and oxygen atoms in total. The van der Waals surface area contributed by atoms with E-state index in [1.54, 1.807) is 18.2 Å². The van der Waals surface area contributed by atoms with Gasteiger partial charge in [-0.1, -0.05) is 48.5 Å². The summed E-state index contributed by atoms with van der Waals surface area (Å²) in [4.78, 5) is 23.1. The summed E-state index contributed by atoms with van der Waals surface area (Å²) < 4.78 is 0. The van der Waals surface area contributed by atoms with E-state index in [1.807, 2.05) is 30.3 Å². The Bertz CT molecular complexity index is 631. The second kappa shape index (κ2) is 6.45. The first-order valence-corrected chi connectivity index (χ1v) is 6.02. The first-order valence-electron chi connectivity index (χ1n) is 6.02. The highest BCUT2D eigenvalue weighted by Crippen LogP contribution is 2.08. The molecule has 0 atom stereocenters. The van der Waals surface area contributed by atoms with Gasteiger partial charge >= 0.3 is 0 Å². The molecule has 0 radical (unpaired) electrons. The zero-order chi connectivity index (χ0) is 14.4. The molecule has 1 amide bonds. The number of rotatable bonds is 4. The van der Waals surface area contributed by atoms with Gasteiger partial charge in [0.15, 0.2) is 5.78 Å². The maximum atomic E-state index is 11.9. The monoisotopic (exact) mass is 267 g/mol. The standard InChI is InChI=1S/C16H13NO3/c18-15(11-6-12-4-2-1-3-5-12)13-7-9-14(10-8-13)16(19)17-20/h1-11,20H,(H,17,19).